The molecule has 0 aromatic carbocycles. The monoisotopic (exact) mass is 202 g/mol. The third-order valence-corrected chi connectivity index (χ3v) is 4.12. The molecule has 1 saturated carbocycles. The average Bonchev–Trinajstić information content (AvgIpc) is 2.21. The van der Waals surface area contributed by atoms with Crippen molar-refractivity contribution in [1.82, 2.24) is 0 Å². The molecule has 1 aliphatic carbocycles. The highest BCUT2D eigenvalue weighted by Crippen LogP contribution is 2.46. The smallest absolute Gasteiger partial charge is 0.0805 e. The maximum Gasteiger partial charge on any atom is 0.0805 e. The summed E-state index contributed by atoms with van der Waals surface area (Å²) < 4.78 is 0. The lowest BCUT2D eigenvalue weighted by Crippen LogP contribution is -2.47. The first-order valence-corrected chi connectivity index (χ1v) is 5.46. The molecule has 1 rings (SSSR count). The summed E-state index contributed by atoms with van der Waals surface area (Å²) in [7, 11) is 0. The number of aliphatic hydroxyl groups excluding tert-OH is 3. The van der Waals surface area contributed by atoms with E-state index in [4.69, 9.17) is 5.11 Å². The molecular formula is C11H22O3. The molecule has 0 aliphatic heterocycles. The van der Waals surface area contributed by atoms with Gasteiger partial charge in [-0.05, 0) is 23.7 Å². The van der Waals surface area contributed by atoms with Crippen LogP contribution in [0, 0.1) is 17.3 Å². The second-order valence-electron chi connectivity index (χ2n) is 4.85. The summed E-state index contributed by atoms with van der Waals surface area (Å²) in [5.74, 6) is 0.439. The molecule has 3 heteroatoms. The lowest BCUT2D eigenvalue weighted by Gasteiger charge is -2.46. The van der Waals surface area contributed by atoms with Crippen molar-refractivity contribution in [3.63, 3.8) is 0 Å². The quantitative estimate of drug-likeness (QED) is 0.633. The molecular weight excluding hydrogens is 180 g/mol. The first-order valence-electron chi connectivity index (χ1n) is 5.46. The van der Waals surface area contributed by atoms with Crippen molar-refractivity contribution in [2.75, 3.05) is 13.2 Å². The zero-order valence-corrected chi connectivity index (χ0v) is 9.11. The SMILES string of the molecule is C[C@H]1CCC[C@H]([C@@H](O)CO)[C@]1(C)CO. The lowest BCUT2D eigenvalue weighted by molar-refractivity contribution is -0.0816. The summed E-state index contributed by atoms with van der Waals surface area (Å²) in [6, 6.07) is 0. The molecule has 3 N–H and O–H groups in total. The van der Waals surface area contributed by atoms with Crippen LogP contribution in [0.3, 0.4) is 0 Å². The first-order chi connectivity index (χ1) is 6.56. The van der Waals surface area contributed by atoms with Gasteiger partial charge in [-0.2, -0.15) is 0 Å². The van der Waals surface area contributed by atoms with E-state index in [9.17, 15) is 10.2 Å². The summed E-state index contributed by atoms with van der Waals surface area (Å²) in [5.41, 5.74) is -0.236. The maximum atomic E-state index is 9.71. The van der Waals surface area contributed by atoms with E-state index in [1.54, 1.807) is 0 Å². The summed E-state index contributed by atoms with van der Waals surface area (Å²) in [5, 5.41) is 28.1. The molecule has 0 aromatic heterocycles. The Hall–Kier alpha value is -0.120. The predicted molar refractivity (Wildman–Crippen MR) is 54.8 cm³/mol. The minimum Gasteiger partial charge on any atom is -0.396 e. The van der Waals surface area contributed by atoms with Gasteiger partial charge in [0.2, 0.25) is 0 Å². The van der Waals surface area contributed by atoms with E-state index < -0.39 is 6.10 Å². The third kappa shape index (κ3) is 1.95. The zero-order chi connectivity index (χ0) is 10.8. The van der Waals surface area contributed by atoms with E-state index in [1.165, 1.54) is 0 Å². The Morgan fingerprint density at radius 3 is 2.50 bits per heavy atom. The minimum absolute atomic E-state index is 0.0289. The fourth-order valence-corrected chi connectivity index (χ4v) is 2.70. The molecule has 0 radical (unpaired) electrons. The van der Waals surface area contributed by atoms with Gasteiger partial charge < -0.3 is 15.3 Å². The van der Waals surface area contributed by atoms with Gasteiger partial charge in [0, 0.05) is 6.61 Å². The van der Waals surface area contributed by atoms with Crippen molar-refractivity contribution in [2.24, 2.45) is 17.3 Å². The van der Waals surface area contributed by atoms with Crippen LogP contribution in [0.4, 0.5) is 0 Å². The lowest BCUT2D eigenvalue weighted by atomic mass is 9.60. The Balaban J connectivity index is 2.80. The van der Waals surface area contributed by atoms with Crippen molar-refractivity contribution in [2.45, 2.75) is 39.2 Å². The zero-order valence-electron chi connectivity index (χ0n) is 9.11. The van der Waals surface area contributed by atoms with Crippen LogP contribution in [0.2, 0.25) is 0 Å². The van der Waals surface area contributed by atoms with E-state index >= 15 is 0 Å². The van der Waals surface area contributed by atoms with Gasteiger partial charge in [-0.1, -0.05) is 26.7 Å². The second-order valence-corrected chi connectivity index (χ2v) is 4.85. The van der Waals surface area contributed by atoms with Gasteiger partial charge in [-0.15, -0.1) is 0 Å². The largest absolute Gasteiger partial charge is 0.396 e. The molecule has 1 aliphatic rings. The third-order valence-electron chi connectivity index (χ3n) is 4.12. The van der Waals surface area contributed by atoms with Crippen molar-refractivity contribution in [3.8, 4) is 0 Å². The number of rotatable bonds is 3. The topological polar surface area (TPSA) is 60.7 Å². The second kappa shape index (κ2) is 4.60. The van der Waals surface area contributed by atoms with Gasteiger partial charge in [-0.3, -0.25) is 0 Å². The Kier molecular flexibility index (Phi) is 3.93. The van der Waals surface area contributed by atoms with Crippen LogP contribution < -0.4 is 0 Å². The molecule has 0 heterocycles. The molecule has 14 heavy (non-hydrogen) atoms. The highest BCUT2D eigenvalue weighted by Gasteiger charge is 2.44. The molecule has 0 aromatic rings. The number of hydrogen-bond donors (Lipinski definition) is 3. The normalized spacial score (nSPS) is 40.9. The van der Waals surface area contributed by atoms with Crippen LogP contribution in [0.1, 0.15) is 33.1 Å². The van der Waals surface area contributed by atoms with Crippen LogP contribution in [-0.2, 0) is 0 Å². The van der Waals surface area contributed by atoms with Gasteiger partial charge in [0.1, 0.15) is 0 Å². The average molecular weight is 202 g/mol. The van der Waals surface area contributed by atoms with Gasteiger partial charge in [0.25, 0.3) is 0 Å². The van der Waals surface area contributed by atoms with Gasteiger partial charge >= 0.3 is 0 Å². The van der Waals surface area contributed by atoms with Crippen molar-refractivity contribution < 1.29 is 15.3 Å². The fourth-order valence-electron chi connectivity index (χ4n) is 2.70. The summed E-state index contributed by atoms with van der Waals surface area (Å²) in [4.78, 5) is 0. The van der Waals surface area contributed by atoms with Gasteiger partial charge in [0.15, 0.2) is 0 Å². The first kappa shape index (κ1) is 12.0. The van der Waals surface area contributed by atoms with Crippen LogP contribution in [0.25, 0.3) is 0 Å². The molecule has 1 fully saturated rings. The van der Waals surface area contributed by atoms with E-state index in [0.717, 1.165) is 19.3 Å². The highest BCUT2D eigenvalue weighted by molar-refractivity contribution is 4.93. The van der Waals surface area contributed by atoms with Crippen molar-refractivity contribution in [3.05, 3.63) is 0 Å². The molecule has 0 spiro atoms. The number of aliphatic hydroxyl groups is 3. The Morgan fingerprint density at radius 1 is 1.36 bits per heavy atom. The van der Waals surface area contributed by atoms with Crippen LogP contribution in [-0.4, -0.2) is 34.6 Å². The van der Waals surface area contributed by atoms with Crippen LogP contribution in [0.5, 0.6) is 0 Å². The molecule has 0 bridgehead atoms. The maximum absolute atomic E-state index is 9.71. The highest BCUT2D eigenvalue weighted by atomic mass is 16.3. The Bertz CT molecular complexity index is 183. The van der Waals surface area contributed by atoms with Crippen LogP contribution in [0.15, 0.2) is 0 Å². The molecule has 84 valence electrons. The van der Waals surface area contributed by atoms with Gasteiger partial charge in [0.05, 0.1) is 12.7 Å². The number of hydrogen-bond acceptors (Lipinski definition) is 3. The van der Waals surface area contributed by atoms with Crippen molar-refractivity contribution >= 4 is 0 Å². The van der Waals surface area contributed by atoms with Gasteiger partial charge in [-0.25, -0.2) is 0 Å². The van der Waals surface area contributed by atoms with Crippen molar-refractivity contribution in [1.29, 1.82) is 0 Å². The fraction of sp³-hybridized carbons (Fsp3) is 1.00. The molecule has 0 saturated heterocycles. The minimum atomic E-state index is -0.685. The molecule has 3 nitrogen and oxygen atoms in total. The van der Waals surface area contributed by atoms with E-state index in [1.807, 2.05) is 6.92 Å². The standard InChI is InChI=1S/C11H22O3/c1-8-4-3-5-9(10(14)6-12)11(8,2)7-13/h8-10,12-14H,3-7H2,1-2H3/t8-,9+,10-,11+/m0/s1. The Labute approximate surface area is 85.8 Å². The van der Waals surface area contributed by atoms with Crippen LogP contribution >= 0.6 is 0 Å². The summed E-state index contributed by atoms with van der Waals surface area (Å²) >= 11 is 0. The predicted octanol–water partition coefficient (Wildman–Crippen LogP) is 0.774. The van der Waals surface area contributed by atoms with E-state index in [-0.39, 0.29) is 24.5 Å². The molecule has 0 amide bonds. The van der Waals surface area contributed by atoms with E-state index in [2.05, 4.69) is 6.92 Å². The van der Waals surface area contributed by atoms with E-state index in [0.29, 0.717) is 5.92 Å². The summed E-state index contributed by atoms with van der Waals surface area (Å²) in [6.07, 6.45) is 2.41. The molecule has 4 atom stereocenters. The summed E-state index contributed by atoms with van der Waals surface area (Å²) in [6.45, 7) is 4.02. The Morgan fingerprint density at radius 2 is 2.00 bits per heavy atom. The molecule has 0 unspecified atom stereocenters.